The molecule has 1 atom stereocenters. The summed E-state index contributed by atoms with van der Waals surface area (Å²) in [6.45, 7) is 11.4. The van der Waals surface area contributed by atoms with Crippen LogP contribution in [0.25, 0.3) is 0 Å². The first-order chi connectivity index (χ1) is 10.6. The van der Waals surface area contributed by atoms with Crippen molar-refractivity contribution in [3.63, 3.8) is 0 Å². The summed E-state index contributed by atoms with van der Waals surface area (Å²) in [6.07, 6.45) is 5.29. The Balaban J connectivity index is 2.45. The molecule has 0 aliphatic carbocycles. The highest BCUT2D eigenvalue weighted by Gasteiger charge is 2.18. The van der Waals surface area contributed by atoms with Crippen LogP contribution in [0, 0.1) is 27.7 Å². The highest BCUT2D eigenvalue weighted by Crippen LogP contribution is 2.38. The minimum absolute atomic E-state index is 0.233. The molecule has 0 amide bonds. The largest absolute Gasteiger partial charge is 0.0654 e. The van der Waals surface area contributed by atoms with Crippen LogP contribution in [0.5, 0.6) is 0 Å². The highest BCUT2D eigenvalue weighted by molar-refractivity contribution is 7.73. The molecule has 2 aromatic carbocycles. The van der Waals surface area contributed by atoms with Crippen molar-refractivity contribution in [2.24, 2.45) is 0 Å². The Hall–Kier alpha value is -1.13. The van der Waals surface area contributed by atoms with Crippen LogP contribution in [-0.2, 0) is 0 Å². The molecular weight excluding hydrogens is 283 g/mol. The molecule has 0 saturated heterocycles. The summed E-state index contributed by atoms with van der Waals surface area (Å²) in [5.41, 5.74) is 5.83. The zero-order chi connectivity index (χ0) is 16.1. The molecule has 0 nitrogen and oxygen atoms in total. The molecule has 0 N–H and O–H groups in total. The van der Waals surface area contributed by atoms with Gasteiger partial charge in [-0.2, -0.15) is 0 Å². The van der Waals surface area contributed by atoms with E-state index in [-0.39, 0.29) is 7.92 Å². The predicted molar refractivity (Wildman–Crippen MR) is 102 cm³/mol. The Morgan fingerprint density at radius 1 is 0.727 bits per heavy atom. The van der Waals surface area contributed by atoms with Gasteiger partial charge in [-0.1, -0.05) is 56.2 Å². The molecule has 1 heteroatoms. The fraction of sp³-hybridized carbons (Fsp3) is 0.429. The summed E-state index contributed by atoms with van der Waals surface area (Å²) in [5, 5.41) is 3.16. The van der Waals surface area contributed by atoms with Crippen molar-refractivity contribution in [2.45, 2.75) is 53.9 Å². The van der Waals surface area contributed by atoms with E-state index in [1.165, 1.54) is 47.7 Å². The Morgan fingerprint density at radius 2 is 1.45 bits per heavy atom. The molecule has 1 unspecified atom stereocenters. The van der Waals surface area contributed by atoms with Gasteiger partial charge in [0.1, 0.15) is 0 Å². The zero-order valence-corrected chi connectivity index (χ0v) is 15.6. The zero-order valence-electron chi connectivity index (χ0n) is 14.7. The summed E-state index contributed by atoms with van der Waals surface area (Å²) < 4.78 is 0. The second-order valence-corrected chi connectivity index (χ2v) is 8.56. The van der Waals surface area contributed by atoms with Crippen LogP contribution in [-0.4, -0.2) is 6.16 Å². The van der Waals surface area contributed by atoms with Crippen molar-refractivity contribution in [3.05, 3.63) is 58.7 Å². The van der Waals surface area contributed by atoms with Gasteiger partial charge in [-0.05, 0) is 81.1 Å². The molecule has 0 fully saturated rings. The first-order valence-corrected chi connectivity index (χ1v) is 9.99. The second-order valence-electron chi connectivity index (χ2n) is 6.30. The predicted octanol–water partition coefficient (Wildman–Crippen LogP) is 5.54. The maximum atomic E-state index is 2.39. The van der Waals surface area contributed by atoms with E-state index < -0.39 is 0 Å². The monoisotopic (exact) mass is 312 g/mol. The minimum atomic E-state index is -0.233. The molecular formula is C21H29P. The molecule has 22 heavy (non-hydrogen) atoms. The molecule has 0 bridgehead atoms. The molecule has 0 aliphatic rings. The molecule has 0 aliphatic heterocycles. The van der Waals surface area contributed by atoms with Crippen LogP contribution in [0.2, 0.25) is 0 Å². The van der Waals surface area contributed by atoms with Gasteiger partial charge in [0.25, 0.3) is 0 Å². The lowest BCUT2D eigenvalue weighted by Gasteiger charge is -2.24. The number of rotatable bonds is 6. The van der Waals surface area contributed by atoms with E-state index in [0.29, 0.717) is 0 Å². The third kappa shape index (κ3) is 3.79. The summed E-state index contributed by atoms with van der Waals surface area (Å²) in [5.74, 6) is 0. The topological polar surface area (TPSA) is 0 Å². The SMILES string of the molecule is CCCCCP(c1ccccc1C)c1ccc(C)c(C)c1C. The molecule has 0 heterocycles. The Bertz CT molecular complexity index is 628. The van der Waals surface area contributed by atoms with E-state index in [1.54, 1.807) is 10.6 Å². The first kappa shape index (κ1) is 17.2. The number of aryl methyl sites for hydroxylation is 2. The van der Waals surface area contributed by atoms with Gasteiger partial charge in [-0.25, -0.2) is 0 Å². The van der Waals surface area contributed by atoms with E-state index >= 15 is 0 Å². The van der Waals surface area contributed by atoms with Gasteiger partial charge in [-0.15, -0.1) is 0 Å². The van der Waals surface area contributed by atoms with Crippen molar-refractivity contribution in [1.29, 1.82) is 0 Å². The second kappa shape index (κ2) is 7.93. The molecule has 0 radical (unpaired) electrons. The van der Waals surface area contributed by atoms with Gasteiger partial charge in [0, 0.05) is 0 Å². The van der Waals surface area contributed by atoms with Crippen LogP contribution in [0.1, 0.15) is 48.4 Å². The summed E-state index contributed by atoms with van der Waals surface area (Å²) in [7, 11) is -0.233. The van der Waals surface area contributed by atoms with Crippen molar-refractivity contribution in [1.82, 2.24) is 0 Å². The molecule has 2 rings (SSSR count). The van der Waals surface area contributed by atoms with Crippen LogP contribution in [0.4, 0.5) is 0 Å². The minimum Gasteiger partial charge on any atom is -0.0654 e. The van der Waals surface area contributed by atoms with Gasteiger partial charge in [0.2, 0.25) is 0 Å². The number of benzene rings is 2. The van der Waals surface area contributed by atoms with E-state index in [1.807, 2.05) is 0 Å². The number of hydrogen-bond acceptors (Lipinski definition) is 0. The lowest BCUT2D eigenvalue weighted by molar-refractivity contribution is 0.777. The summed E-state index contributed by atoms with van der Waals surface area (Å²) in [6, 6.07) is 13.7. The van der Waals surface area contributed by atoms with Gasteiger partial charge in [-0.3, -0.25) is 0 Å². The molecule has 2 aromatic rings. The molecule has 0 saturated carbocycles. The van der Waals surface area contributed by atoms with Crippen LogP contribution in [0.3, 0.4) is 0 Å². The van der Waals surface area contributed by atoms with E-state index in [9.17, 15) is 0 Å². The molecule has 0 aromatic heterocycles. The van der Waals surface area contributed by atoms with Crippen molar-refractivity contribution in [3.8, 4) is 0 Å². The standard InChI is InChI=1S/C21H29P/c1-6-7-10-15-22(20-12-9-8-11-17(20)3)21-14-13-16(2)18(4)19(21)5/h8-9,11-14H,6-7,10,15H2,1-5H3. The number of unbranched alkanes of at least 4 members (excludes halogenated alkanes) is 2. The van der Waals surface area contributed by atoms with Gasteiger partial charge in [0.05, 0.1) is 0 Å². The Labute approximate surface area is 137 Å². The van der Waals surface area contributed by atoms with Gasteiger partial charge < -0.3 is 0 Å². The summed E-state index contributed by atoms with van der Waals surface area (Å²) >= 11 is 0. The van der Waals surface area contributed by atoms with Crippen molar-refractivity contribution >= 4 is 18.5 Å². The molecule has 118 valence electrons. The van der Waals surface area contributed by atoms with Crippen LogP contribution >= 0.6 is 7.92 Å². The third-order valence-electron chi connectivity index (χ3n) is 4.71. The van der Waals surface area contributed by atoms with E-state index in [2.05, 4.69) is 71.0 Å². The quantitative estimate of drug-likeness (QED) is 0.485. The molecule has 0 spiro atoms. The normalized spacial score (nSPS) is 12.4. The van der Waals surface area contributed by atoms with Crippen molar-refractivity contribution < 1.29 is 0 Å². The fourth-order valence-electron chi connectivity index (χ4n) is 2.99. The Kier molecular flexibility index (Phi) is 6.21. The maximum absolute atomic E-state index is 2.39. The summed E-state index contributed by atoms with van der Waals surface area (Å²) in [4.78, 5) is 0. The van der Waals surface area contributed by atoms with Crippen LogP contribution < -0.4 is 10.6 Å². The van der Waals surface area contributed by atoms with Crippen LogP contribution in [0.15, 0.2) is 36.4 Å². The Morgan fingerprint density at radius 3 is 2.14 bits per heavy atom. The average molecular weight is 312 g/mol. The van der Waals surface area contributed by atoms with Gasteiger partial charge in [0.15, 0.2) is 0 Å². The smallest absolute Gasteiger partial charge is 0.0163 e. The highest BCUT2D eigenvalue weighted by atomic mass is 31.1. The van der Waals surface area contributed by atoms with Crippen molar-refractivity contribution in [2.75, 3.05) is 6.16 Å². The van der Waals surface area contributed by atoms with E-state index in [0.717, 1.165) is 0 Å². The maximum Gasteiger partial charge on any atom is -0.0163 e. The van der Waals surface area contributed by atoms with E-state index in [4.69, 9.17) is 0 Å². The lowest BCUT2D eigenvalue weighted by Crippen LogP contribution is -2.19. The fourth-order valence-corrected chi connectivity index (χ4v) is 5.87. The third-order valence-corrected chi connectivity index (χ3v) is 7.62. The van der Waals surface area contributed by atoms with Gasteiger partial charge >= 0.3 is 0 Å². The average Bonchev–Trinajstić information content (AvgIpc) is 2.51. The lowest BCUT2D eigenvalue weighted by atomic mass is 10.1. The number of hydrogen-bond donors (Lipinski definition) is 0. The first-order valence-electron chi connectivity index (χ1n) is 8.46.